The predicted octanol–water partition coefficient (Wildman–Crippen LogP) is 7.17. The highest BCUT2D eigenvalue weighted by atomic mass is 35.5. The molecule has 0 saturated heterocycles. The SMILES string of the molecule is O=C(NC1CCCCC1)[C@@H](Cc1ccccc1)N(Cc1ccc(Cl)cc1)C(=O)CSc1ccc(Cl)cc1. The normalized spacial score (nSPS) is 14.6. The van der Waals surface area contributed by atoms with Gasteiger partial charge in [-0.1, -0.05) is 84.9 Å². The van der Waals surface area contributed by atoms with Gasteiger partial charge in [-0.05, 0) is 60.4 Å². The second-order valence-corrected chi connectivity index (χ2v) is 11.4. The van der Waals surface area contributed by atoms with Crippen molar-refractivity contribution in [2.45, 2.75) is 62.0 Å². The van der Waals surface area contributed by atoms with E-state index in [4.69, 9.17) is 23.2 Å². The molecule has 2 amide bonds. The number of halogens is 2. The molecule has 0 heterocycles. The van der Waals surface area contributed by atoms with Gasteiger partial charge in [0.05, 0.1) is 5.75 Å². The molecular weight excluding hydrogens is 523 g/mol. The van der Waals surface area contributed by atoms with Crippen molar-refractivity contribution in [3.05, 3.63) is 100 Å². The summed E-state index contributed by atoms with van der Waals surface area (Å²) in [5.74, 6) is 0.0428. The lowest BCUT2D eigenvalue weighted by molar-refractivity contribution is -0.139. The van der Waals surface area contributed by atoms with E-state index in [1.807, 2.05) is 78.9 Å². The van der Waals surface area contributed by atoms with Gasteiger partial charge in [0.1, 0.15) is 6.04 Å². The van der Waals surface area contributed by atoms with E-state index in [1.165, 1.54) is 18.2 Å². The van der Waals surface area contributed by atoms with Crippen LogP contribution in [0.25, 0.3) is 0 Å². The van der Waals surface area contributed by atoms with E-state index in [0.717, 1.165) is 41.7 Å². The summed E-state index contributed by atoms with van der Waals surface area (Å²) < 4.78 is 0. The molecule has 1 aliphatic rings. The lowest BCUT2D eigenvalue weighted by atomic mass is 9.94. The monoisotopic (exact) mass is 554 g/mol. The average Bonchev–Trinajstić information content (AvgIpc) is 2.92. The van der Waals surface area contributed by atoms with Crippen molar-refractivity contribution < 1.29 is 9.59 Å². The van der Waals surface area contributed by atoms with E-state index in [2.05, 4.69) is 5.32 Å². The van der Waals surface area contributed by atoms with Gasteiger partial charge in [-0.3, -0.25) is 9.59 Å². The van der Waals surface area contributed by atoms with Gasteiger partial charge in [0.2, 0.25) is 11.8 Å². The molecule has 1 N–H and O–H groups in total. The predicted molar refractivity (Wildman–Crippen MR) is 153 cm³/mol. The van der Waals surface area contributed by atoms with Crippen LogP contribution in [-0.2, 0) is 22.6 Å². The third-order valence-electron chi connectivity index (χ3n) is 6.66. The Morgan fingerprint density at radius 2 is 1.46 bits per heavy atom. The quantitative estimate of drug-likeness (QED) is 0.270. The molecule has 0 spiro atoms. The van der Waals surface area contributed by atoms with Crippen LogP contribution in [0, 0.1) is 0 Å². The summed E-state index contributed by atoms with van der Waals surface area (Å²) in [5, 5.41) is 4.56. The van der Waals surface area contributed by atoms with Crippen molar-refractivity contribution >= 4 is 46.8 Å². The van der Waals surface area contributed by atoms with E-state index >= 15 is 0 Å². The van der Waals surface area contributed by atoms with Crippen molar-refractivity contribution in [3.63, 3.8) is 0 Å². The zero-order valence-corrected chi connectivity index (χ0v) is 23.1. The molecule has 37 heavy (non-hydrogen) atoms. The van der Waals surface area contributed by atoms with Gasteiger partial charge in [0.15, 0.2) is 0 Å². The molecule has 0 bridgehead atoms. The number of hydrogen-bond donors (Lipinski definition) is 1. The van der Waals surface area contributed by atoms with Crippen LogP contribution < -0.4 is 5.32 Å². The summed E-state index contributed by atoms with van der Waals surface area (Å²) in [6.45, 7) is 0.326. The molecule has 0 radical (unpaired) electrons. The average molecular weight is 556 g/mol. The highest BCUT2D eigenvalue weighted by molar-refractivity contribution is 8.00. The minimum atomic E-state index is -0.627. The second kappa shape index (κ2) is 13.9. The second-order valence-electron chi connectivity index (χ2n) is 9.44. The number of amides is 2. The maximum atomic E-state index is 13.8. The Morgan fingerprint density at radius 1 is 0.838 bits per heavy atom. The zero-order chi connectivity index (χ0) is 26.0. The summed E-state index contributed by atoms with van der Waals surface area (Å²) in [7, 11) is 0. The van der Waals surface area contributed by atoms with E-state index in [9.17, 15) is 9.59 Å². The van der Waals surface area contributed by atoms with Gasteiger partial charge >= 0.3 is 0 Å². The summed E-state index contributed by atoms with van der Waals surface area (Å²) >= 11 is 13.6. The Balaban J connectivity index is 1.59. The number of hydrogen-bond acceptors (Lipinski definition) is 3. The Labute approximate surface area is 233 Å². The topological polar surface area (TPSA) is 49.4 Å². The number of thioether (sulfide) groups is 1. The number of rotatable bonds is 10. The molecular formula is C30H32Cl2N2O2S. The lowest BCUT2D eigenvalue weighted by Gasteiger charge is -2.33. The van der Waals surface area contributed by atoms with Crippen LogP contribution in [0.1, 0.15) is 43.2 Å². The highest BCUT2D eigenvalue weighted by Gasteiger charge is 2.31. The number of nitrogens with one attached hydrogen (secondary N) is 1. The number of nitrogens with zero attached hydrogens (tertiary/aromatic N) is 1. The van der Waals surface area contributed by atoms with Crippen LogP contribution in [0.4, 0.5) is 0 Å². The molecule has 1 fully saturated rings. The highest BCUT2D eigenvalue weighted by Crippen LogP contribution is 2.24. The van der Waals surface area contributed by atoms with Crippen LogP contribution in [0.2, 0.25) is 10.0 Å². The maximum Gasteiger partial charge on any atom is 0.243 e. The molecule has 0 aliphatic heterocycles. The van der Waals surface area contributed by atoms with Gasteiger partial charge < -0.3 is 10.2 Å². The minimum absolute atomic E-state index is 0.0883. The third-order valence-corrected chi connectivity index (χ3v) is 8.17. The molecule has 1 aliphatic carbocycles. The van der Waals surface area contributed by atoms with Crippen molar-refractivity contribution in [1.82, 2.24) is 10.2 Å². The molecule has 1 atom stereocenters. The fourth-order valence-electron chi connectivity index (χ4n) is 4.64. The number of carbonyl (C=O) groups excluding carboxylic acids is 2. The minimum Gasteiger partial charge on any atom is -0.352 e. The molecule has 0 aromatic heterocycles. The first-order valence-corrected chi connectivity index (χ1v) is 14.5. The summed E-state index contributed by atoms with van der Waals surface area (Å²) in [6, 6.07) is 24.3. The third kappa shape index (κ3) is 8.53. The van der Waals surface area contributed by atoms with E-state index < -0.39 is 6.04 Å². The van der Waals surface area contributed by atoms with Crippen LogP contribution in [0.3, 0.4) is 0 Å². The molecule has 4 rings (SSSR count). The van der Waals surface area contributed by atoms with Gasteiger partial charge in [0, 0.05) is 33.9 Å². The molecule has 1 saturated carbocycles. The summed E-state index contributed by atoms with van der Waals surface area (Å²) in [6.07, 6.45) is 5.88. The molecule has 7 heteroatoms. The Bertz CT molecular complexity index is 1150. The van der Waals surface area contributed by atoms with E-state index in [1.54, 1.807) is 4.90 Å². The Hall–Kier alpha value is -2.47. The van der Waals surface area contributed by atoms with Crippen molar-refractivity contribution in [1.29, 1.82) is 0 Å². The summed E-state index contributed by atoms with van der Waals surface area (Å²) in [5.41, 5.74) is 1.95. The van der Waals surface area contributed by atoms with Gasteiger partial charge in [-0.2, -0.15) is 0 Å². The van der Waals surface area contributed by atoms with Gasteiger partial charge in [-0.15, -0.1) is 11.8 Å². The fourth-order valence-corrected chi connectivity index (χ4v) is 5.68. The van der Waals surface area contributed by atoms with Gasteiger partial charge in [-0.25, -0.2) is 0 Å². The van der Waals surface area contributed by atoms with Crippen LogP contribution in [0.5, 0.6) is 0 Å². The fraction of sp³-hybridized carbons (Fsp3) is 0.333. The van der Waals surface area contributed by atoms with E-state index in [0.29, 0.717) is 23.0 Å². The van der Waals surface area contributed by atoms with Crippen LogP contribution in [-0.4, -0.2) is 34.6 Å². The molecule has 194 valence electrons. The molecule has 3 aromatic rings. The van der Waals surface area contributed by atoms with Gasteiger partial charge in [0.25, 0.3) is 0 Å². The lowest BCUT2D eigenvalue weighted by Crippen LogP contribution is -2.53. The van der Waals surface area contributed by atoms with E-state index in [-0.39, 0.29) is 23.6 Å². The first kappa shape index (κ1) is 27.6. The zero-order valence-electron chi connectivity index (χ0n) is 20.7. The Kier molecular flexibility index (Phi) is 10.4. The molecule has 4 nitrogen and oxygen atoms in total. The number of carbonyl (C=O) groups is 2. The standard InChI is InChI=1S/C30H32Cl2N2O2S/c31-24-13-11-23(12-14-24)20-34(29(35)21-37-27-17-15-25(32)16-18-27)28(19-22-7-3-1-4-8-22)30(36)33-26-9-5-2-6-10-26/h1,3-4,7-8,11-18,26,28H,2,5-6,9-10,19-21H2,(H,33,36)/t28-/m1/s1. The molecule has 0 unspecified atom stereocenters. The molecule has 3 aromatic carbocycles. The van der Waals surface area contributed by atoms with Crippen LogP contribution >= 0.6 is 35.0 Å². The first-order chi connectivity index (χ1) is 18.0. The number of benzene rings is 3. The summed E-state index contributed by atoms with van der Waals surface area (Å²) in [4.78, 5) is 30.2. The van der Waals surface area contributed by atoms with Crippen LogP contribution in [0.15, 0.2) is 83.8 Å². The van der Waals surface area contributed by atoms with Crippen molar-refractivity contribution in [3.8, 4) is 0 Å². The smallest absolute Gasteiger partial charge is 0.243 e. The maximum absolute atomic E-state index is 13.8. The van der Waals surface area contributed by atoms with Crippen molar-refractivity contribution in [2.24, 2.45) is 0 Å². The largest absolute Gasteiger partial charge is 0.352 e. The van der Waals surface area contributed by atoms with Crippen molar-refractivity contribution in [2.75, 3.05) is 5.75 Å². The Morgan fingerprint density at radius 3 is 2.11 bits per heavy atom. The first-order valence-electron chi connectivity index (χ1n) is 12.7.